The van der Waals surface area contributed by atoms with Gasteiger partial charge in [0.1, 0.15) is 0 Å². The van der Waals surface area contributed by atoms with Gasteiger partial charge in [0.25, 0.3) is 0 Å². The summed E-state index contributed by atoms with van der Waals surface area (Å²) in [5.41, 5.74) is 2.91. The highest BCUT2D eigenvalue weighted by atomic mass is 79.9. The molecule has 5 nitrogen and oxygen atoms in total. The Labute approximate surface area is 131 Å². The van der Waals surface area contributed by atoms with Gasteiger partial charge in [-0.3, -0.25) is 0 Å². The van der Waals surface area contributed by atoms with E-state index >= 15 is 0 Å². The zero-order valence-corrected chi connectivity index (χ0v) is 13.6. The van der Waals surface area contributed by atoms with Gasteiger partial charge in [0.05, 0.1) is 0 Å². The van der Waals surface area contributed by atoms with Crippen LogP contribution in [0.25, 0.3) is 11.0 Å². The Balaban J connectivity index is 1.89. The van der Waals surface area contributed by atoms with Crippen LogP contribution in [0.4, 0.5) is 4.79 Å². The lowest BCUT2D eigenvalue weighted by molar-refractivity contribution is 0.189. The molecule has 3 heterocycles. The largest absolute Gasteiger partial charge is 0.336 e. The summed E-state index contributed by atoms with van der Waals surface area (Å²) in [6.07, 6.45) is 2.53. The van der Waals surface area contributed by atoms with Crippen LogP contribution in [0, 0.1) is 0 Å². The van der Waals surface area contributed by atoms with E-state index in [1.165, 1.54) is 0 Å². The molecule has 0 spiro atoms. The molecule has 0 fully saturated rings. The Morgan fingerprint density at radius 2 is 2.24 bits per heavy atom. The molecule has 0 aliphatic carbocycles. The molecule has 0 atom stereocenters. The standard InChI is InChI=1S/C15H17BrN4O/c1-9(2)18-15(21)20-4-3-13-11(8-20)5-10-6-12(16)7-17-14(10)19-13/h5-7,9H,3-4,8H2,1-2H3,(H,18,21). The highest BCUT2D eigenvalue weighted by molar-refractivity contribution is 9.10. The monoisotopic (exact) mass is 348 g/mol. The molecule has 0 saturated carbocycles. The highest BCUT2D eigenvalue weighted by Crippen LogP contribution is 2.23. The number of halogens is 1. The maximum atomic E-state index is 12.1. The molecule has 3 rings (SSSR count). The van der Waals surface area contributed by atoms with E-state index in [0.717, 1.165) is 33.2 Å². The van der Waals surface area contributed by atoms with E-state index in [2.05, 4.69) is 37.3 Å². The van der Waals surface area contributed by atoms with E-state index in [0.29, 0.717) is 13.1 Å². The summed E-state index contributed by atoms with van der Waals surface area (Å²) in [5, 5.41) is 3.93. The quantitative estimate of drug-likeness (QED) is 0.861. The molecule has 0 unspecified atom stereocenters. The summed E-state index contributed by atoms with van der Waals surface area (Å²) in [5.74, 6) is 0. The maximum absolute atomic E-state index is 12.1. The van der Waals surface area contributed by atoms with Crippen molar-refractivity contribution >= 4 is 33.0 Å². The van der Waals surface area contributed by atoms with E-state index in [9.17, 15) is 4.79 Å². The molecule has 2 aromatic rings. The fraction of sp³-hybridized carbons (Fsp3) is 0.400. The molecular weight excluding hydrogens is 332 g/mol. The van der Waals surface area contributed by atoms with E-state index in [1.807, 2.05) is 24.8 Å². The van der Waals surface area contributed by atoms with Crippen LogP contribution in [0.5, 0.6) is 0 Å². The molecule has 110 valence electrons. The first kappa shape index (κ1) is 14.3. The fourth-order valence-electron chi connectivity index (χ4n) is 2.51. The second-order valence-corrected chi connectivity index (χ2v) is 6.49. The van der Waals surface area contributed by atoms with Gasteiger partial charge in [-0.25, -0.2) is 14.8 Å². The van der Waals surface area contributed by atoms with E-state index in [4.69, 9.17) is 0 Å². The number of nitrogens with one attached hydrogen (secondary N) is 1. The molecule has 2 amide bonds. The van der Waals surface area contributed by atoms with E-state index < -0.39 is 0 Å². The predicted molar refractivity (Wildman–Crippen MR) is 85.0 cm³/mol. The molecule has 1 aliphatic heterocycles. The van der Waals surface area contributed by atoms with Crippen molar-refractivity contribution in [1.82, 2.24) is 20.2 Å². The topological polar surface area (TPSA) is 58.1 Å². The minimum absolute atomic E-state index is 0.0110. The minimum atomic E-state index is -0.0110. The number of pyridine rings is 2. The van der Waals surface area contributed by atoms with Gasteiger partial charge in [-0.1, -0.05) is 0 Å². The van der Waals surface area contributed by atoms with Crippen LogP contribution >= 0.6 is 15.9 Å². The van der Waals surface area contributed by atoms with E-state index in [-0.39, 0.29) is 12.1 Å². The number of hydrogen-bond donors (Lipinski definition) is 1. The number of fused-ring (bicyclic) bond motifs is 2. The Bertz CT molecular complexity index is 701. The van der Waals surface area contributed by atoms with Crippen molar-refractivity contribution in [3.63, 3.8) is 0 Å². The van der Waals surface area contributed by atoms with Crippen LogP contribution in [-0.2, 0) is 13.0 Å². The van der Waals surface area contributed by atoms with Crippen LogP contribution in [0.15, 0.2) is 22.8 Å². The molecule has 1 N–H and O–H groups in total. The molecule has 0 radical (unpaired) electrons. The van der Waals surface area contributed by atoms with Gasteiger partial charge >= 0.3 is 6.03 Å². The maximum Gasteiger partial charge on any atom is 0.317 e. The number of carbonyl (C=O) groups excluding carboxylic acids is 1. The molecule has 21 heavy (non-hydrogen) atoms. The van der Waals surface area contributed by atoms with Gasteiger partial charge in [-0.15, -0.1) is 0 Å². The first-order valence-electron chi connectivity index (χ1n) is 7.02. The third-order valence-corrected chi connectivity index (χ3v) is 3.92. The second-order valence-electron chi connectivity index (χ2n) is 5.57. The van der Waals surface area contributed by atoms with Crippen molar-refractivity contribution in [3.05, 3.63) is 34.1 Å². The number of amides is 2. The normalized spacial score (nSPS) is 14.4. The van der Waals surface area contributed by atoms with Crippen molar-refractivity contribution in [1.29, 1.82) is 0 Å². The summed E-state index contributed by atoms with van der Waals surface area (Å²) in [7, 11) is 0. The van der Waals surface area contributed by atoms with Gasteiger partial charge in [-0.2, -0.15) is 0 Å². The number of nitrogens with zero attached hydrogens (tertiary/aromatic N) is 3. The van der Waals surface area contributed by atoms with Crippen LogP contribution in [-0.4, -0.2) is 33.5 Å². The molecular formula is C15H17BrN4O. The van der Waals surface area contributed by atoms with Gasteiger partial charge in [0.15, 0.2) is 5.65 Å². The molecule has 0 saturated heterocycles. The average molecular weight is 349 g/mol. The molecule has 0 aromatic carbocycles. The molecule has 1 aliphatic rings. The van der Waals surface area contributed by atoms with Crippen molar-refractivity contribution in [3.8, 4) is 0 Å². The summed E-state index contributed by atoms with van der Waals surface area (Å²) >= 11 is 3.43. The van der Waals surface area contributed by atoms with Gasteiger partial charge < -0.3 is 10.2 Å². The molecule has 0 bridgehead atoms. The Morgan fingerprint density at radius 1 is 1.43 bits per heavy atom. The van der Waals surface area contributed by atoms with Crippen LogP contribution in [0.3, 0.4) is 0 Å². The first-order chi connectivity index (χ1) is 10.0. The third kappa shape index (κ3) is 3.00. The zero-order chi connectivity index (χ0) is 15.0. The summed E-state index contributed by atoms with van der Waals surface area (Å²) < 4.78 is 0.932. The van der Waals surface area contributed by atoms with Crippen LogP contribution < -0.4 is 5.32 Å². The lowest BCUT2D eigenvalue weighted by Crippen LogP contribution is -2.45. The third-order valence-electron chi connectivity index (χ3n) is 3.48. The summed E-state index contributed by atoms with van der Waals surface area (Å²) in [6, 6.07) is 4.23. The summed E-state index contributed by atoms with van der Waals surface area (Å²) in [4.78, 5) is 22.9. The SMILES string of the molecule is CC(C)NC(=O)N1CCc2nc3ncc(Br)cc3cc2C1. The molecule has 6 heteroatoms. The lowest BCUT2D eigenvalue weighted by atomic mass is 10.0. The highest BCUT2D eigenvalue weighted by Gasteiger charge is 2.22. The van der Waals surface area contributed by atoms with Crippen LogP contribution in [0.2, 0.25) is 0 Å². The molecule has 2 aromatic heterocycles. The van der Waals surface area contributed by atoms with Gasteiger partial charge in [0.2, 0.25) is 0 Å². The van der Waals surface area contributed by atoms with Crippen LogP contribution in [0.1, 0.15) is 25.1 Å². The Morgan fingerprint density at radius 3 is 3.00 bits per heavy atom. The zero-order valence-electron chi connectivity index (χ0n) is 12.1. The fourth-order valence-corrected chi connectivity index (χ4v) is 2.86. The van der Waals surface area contributed by atoms with E-state index in [1.54, 1.807) is 6.20 Å². The smallest absolute Gasteiger partial charge is 0.317 e. The number of rotatable bonds is 1. The average Bonchev–Trinajstić information content (AvgIpc) is 2.43. The second kappa shape index (κ2) is 5.60. The van der Waals surface area contributed by atoms with Gasteiger partial charge in [-0.05, 0) is 47.5 Å². The summed E-state index contributed by atoms with van der Waals surface area (Å²) in [6.45, 7) is 5.23. The number of urea groups is 1. The number of aromatic nitrogens is 2. The number of hydrogen-bond acceptors (Lipinski definition) is 3. The van der Waals surface area contributed by atoms with Crippen molar-refractivity contribution in [2.45, 2.75) is 32.9 Å². The minimum Gasteiger partial charge on any atom is -0.336 e. The Kier molecular flexibility index (Phi) is 3.80. The predicted octanol–water partition coefficient (Wildman–Crippen LogP) is 2.87. The van der Waals surface area contributed by atoms with Gasteiger partial charge in [0, 0.05) is 47.3 Å². The Hall–Kier alpha value is -1.69. The van der Waals surface area contributed by atoms with Crippen molar-refractivity contribution in [2.75, 3.05) is 6.54 Å². The van der Waals surface area contributed by atoms with Crippen molar-refractivity contribution in [2.24, 2.45) is 0 Å². The van der Waals surface area contributed by atoms with Crippen molar-refractivity contribution < 1.29 is 4.79 Å². The number of carbonyl (C=O) groups is 1. The lowest BCUT2D eigenvalue weighted by Gasteiger charge is -2.29. The first-order valence-corrected chi connectivity index (χ1v) is 7.82.